The van der Waals surface area contributed by atoms with Gasteiger partial charge in [0.1, 0.15) is 0 Å². The Bertz CT molecular complexity index is 614. The van der Waals surface area contributed by atoms with E-state index in [9.17, 15) is 13.2 Å². The van der Waals surface area contributed by atoms with Gasteiger partial charge in [-0.1, -0.05) is 0 Å². The van der Waals surface area contributed by atoms with Gasteiger partial charge in [0.2, 0.25) is 0 Å². The number of alkyl halides is 3. The summed E-state index contributed by atoms with van der Waals surface area (Å²) in [6.45, 7) is 1.06. The fraction of sp³-hybridized carbons (Fsp3) is 0.417. The maximum atomic E-state index is 12.6. The summed E-state index contributed by atoms with van der Waals surface area (Å²) in [6, 6.07) is 4.60. The number of halogens is 3. The van der Waals surface area contributed by atoms with Gasteiger partial charge in [0, 0.05) is 7.05 Å². The number of rotatable bonds is 2. The second kappa shape index (κ2) is 4.87. The lowest BCUT2D eigenvalue weighted by atomic mass is 10.3. The maximum absolute atomic E-state index is 12.6. The molecule has 0 amide bonds. The SMILES string of the molecule is Cn1nc(C(F)(F)F)cc1-c1ccc(C2OCCO2)s1. The van der Waals surface area contributed by atoms with Crippen LogP contribution in [0.25, 0.3) is 10.6 Å². The predicted octanol–water partition coefficient (Wildman–Crippen LogP) is 3.21. The van der Waals surface area contributed by atoms with Crippen LogP contribution in [0.1, 0.15) is 16.9 Å². The molecular weight excluding hydrogens is 293 g/mol. The highest BCUT2D eigenvalue weighted by molar-refractivity contribution is 7.15. The molecule has 0 aliphatic carbocycles. The topological polar surface area (TPSA) is 36.3 Å². The first-order valence-electron chi connectivity index (χ1n) is 5.90. The summed E-state index contributed by atoms with van der Waals surface area (Å²) in [4.78, 5) is 1.54. The van der Waals surface area contributed by atoms with E-state index in [1.54, 1.807) is 12.1 Å². The first-order valence-corrected chi connectivity index (χ1v) is 6.71. The lowest BCUT2D eigenvalue weighted by molar-refractivity contribution is -0.141. The van der Waals surface area contributed by atoms with E-state index in [-0.39, 0.29) is 0 Å². The van der Waals surface area contributed by atoms with Gasteiger partial charge in [-0.15, -0.1) is 11.3 Å². The molecule has 4 nitrogen and oxygen atoms in total. The van der Waals surface area contributed by atoms with Crippen molar-refractivity contribution in [1.82, 2.24) is 9.78 Å². The number of aryl methyl sites for hydroxylation is 1. The van der Waals surface area contributed by atoms with Gasteiger partial charge in [0.05, 0.1) is 28.7 Å². The number of aromatic nitrogens is 2. The van der Waals surface area contributed by atoms with Gasteiger partial charge in [-0.3, -0.25) is 4.68 Å². The first kappa shape index (κ1) is 13.6. The average Bonchev–Trinajstić information content (AvgIpc) is 3.06. The molecule has 2 aromatic rings. The summed E-state index contributed by atoms with van der Waals surface area (Å²) in [7, 11) is 1.49. The third kappa shape index (κ3) is 2.46. The number of thiophene rings is 1. The zero-order chi connectivity index (χ0) is 14.3. The monoisotopic (exact) mass is 304 g/mol. The molecular formula is C12H11F3N2O2S. The van der Waals surface area contributed by atoms with Crippen LogP contribution in [0.5, 0.6) is 0 Å². The highest BCUT2D eigenvalue weighted by Crippen LogP contribution is 2.37. The van der Waals surface area contributed by atoms with E-state index in [0.717, 1.165) is 10.9 Å². The van der Waals surface area contributed by atoms with Crippen LogP contribution in [0.3, 0.4) is 0 Å². The summed E-state index contributed by atoms with van der Waals surface area (Å²) >= 11 is 1.34. The molecule has 0 unspecified atom stereocenters. The number of ether oxygens (including phenoxy) is 2. The van der Waals surface area contributed by atoms with Gasteiger partial charge in [-0.25, -0.2) is 0 Å². The molecule has 0 radical (unpaired) electrons. The van der Waals surface area contributed by atoms with Gasteiger partial charge in [-0.05, 0) is 18.2 Å². The molecule has 0 spiro atoms. The minimum absolute atomic E-state index is 0.413. The molecule has 3 heterocycles. The summed E-state index contributed by atoms with van der Waals surface area (Å²) in [6.07, 6.45) is -4.85. The van der Waals surface area contributed by atoms with E-state index in [1.165, 1.54) is 23.1 Å². The van der Waals surface area contributed by atoms with E-state index in [2.05, 4.69) is 5.10 Å². The Kier molecular flexibility index (Phi) is 3.31. The predicted molar refractivity (Wildman–Crippen MR) is 66.2 cm³/mol. The molecule has 1 saturated heterocycles. The molecule has 0 N–H and O–H groups in total. The molecule has 0 bridgehead atoms. The van der Waals surface area contributed by atoms with E-state index >= 15 is 0 Å². The Morgan fingerprint density at radius 2 is 2.00 bits per heavy atom. The van der Waals surface area contributed by atoms with Crippen LogP contribution in [-0.2, 0) is 22.7 Å². The normalized spacial score (nSPS) is 17.0. The number of hydrogen-bond acceptors (Lipinski definition) is 4. The molecule has 108 valence electrons. The summed E-state index contributed by atoms with van der Waals surface area (Å²) in [5.74, 6) is 0. The van der Waals surface area contributed by atoms with Gasteiger partial charge >= 0.3 is 6.18 Å². The van der Waals surface area contributed by atoms with Crippen LogP contribution < -0.4 is 0 Å². The molecule has 8 heteroatoms. The molecule has 1 aliphatic heterocycles. The van der Waals surface area contributed by atoms with Gasteiger partial charge in [-0.2, -0.15) is 18.3 Å². The molecule has 1 fully saturated rings. The van der Waals surface area contributed by atoms with Crippen molar-refractivity contribution < 1.29 is 22.6 Å². The van der Waals surface area contributed by atoms with Crippen LogP contribution in [0, 0.1) is 0 Å². The first-order chi connectivity index (χ1) is 9.45. The van der Waals surface area contributed by atoms with Gasteiger partial charge in [0.25, 0.3) is 0 Å². The van der Waals surface area contributed by atoms with Crippen LogP contribution >= 0.6 is 11.3 Å². The lowest BCUT2D eigenvalue weighted by Gasteiger charge is -2.04. The maximum Gasteiger partial charge on any atom is 0.435 e. The Balaban J connectivity index is 1.91. The van der Waals surface area contributed by atoms with Crippen molar-refractivity contribution >= 4 is 11.3 Å². The van der Waals surface area contributed by atoms with Crippen molar-refractivity contribution in [3.05, 3.63) is 28.8 Å². The van der Waals surface area contributed by atoms with E-state index in [0.29, 0.717) is 23.8 Å². The Morgan fingerprint density at radius 1 is 1.30 bits per heavy atom. The van der Waals surface area contributed by atoms with Crippen LogP contribution in [-0.4, -0.2) is 23.0 Å². The molecule has 0 aromatic carbocycles. The fourth-order valence-corrected chi connectivity index (χ4v) is 3.03. The Morgan fingerprint density at radius 3 is 2.60 bits per heavy atom. The minimum atomic E-state index is -4.44. The highest BCUT2D eigenvalue weighted by atomic mass is 32.1. The Hall–Kier alpha value is -1.38. The van der Waals surface area contributed by atoms with Crippen LogP contribution in [0.15, 0.2) is 18.2 Å². The van der Waals surface area contributed by atoms with Crippen molar-refractivity contribution in [3.8, 4) is 10.6 Å². The van der Waals surface area contributed by atoms with Crippen molar-refractivity contribution in [3.63, 3.8) is 0 Å². The standard InChI is InChI=1S/C12H11F3N2O2S/c1-17-7(6-10(16-17)12(13,14)15)8-2-3-9(20-8)11-18-4-5-19-11/h2-3,6,11H,4-5H2,1H3. The zero-order valence-corrected chi connectivity index (χ0v) is 11.3. The zero-order valence-electron chi connectivity index (χ0n) is 10.5. The second-order valence-corrected chi connectivity index (χ2v) is 5.43. The fourth-order valence-electron chi connectivity index (χ4n) is 1.98. The second-order valence-electron chi connectivity index (χ2n) is 4.31. The van der Waals surface area contributed by atoms with Crippen molar-refractivity contribution in [2.45, 2.75) is 12.5 Å². The van der Waals surface area contributed by atoms with Gasteiger partial charge in [0.15, 0.2) is 12.0 Å². The van der Waals surface area contributed by atoms with Crippen molar-refractivity contribution in [1.29, 1.82) is 0 Å². The minimum Gasteiger partial charge on any atom is -0.345 e. The summed E-state index contributed by atoms with van der Waals surface area (Å²) < 4.78 is 49.9. The van der Waals surface area contributed by atoms with Crippen molar-refractivity contribution in [2.24, 2.45) is 7.05 Å². The molecule has 0 saturated carbocycles. The molecule has 20 heavy (non-hydrogen) atoms. The van der Waals surface area contributed by atoms with E-state index < -0.39 is 18.2 Å². The van der Waals surface area contributed by atoms with Crippen molar-refractivity contribution in [2.75, 3.05) is 13.2 Å². The molecule has 0 atom stereocenters. The highest BCUT2D eigenvalue weighted by Gasteiger charge is 2.35. The van der Waals surface area contributed by atoms with Crippen LogP contribution in [0.4, 0.5) is 13.2 Å². The van der Waals surface area contributed by atoms with E-state index in [4.69, 9.17) is 9.47 Å². The third-order valence-electron chi connectivity index (χ3n) is 2.90. The molecule has 3 rings (SSSR count). The van der Waals surface area contributed by atoms with E-state index in [1.807, 2.05) is 0 Å². The largest absolute Gasteiger partial charge is 0.435 e. The summed E-state index contributed by atoms with van der Waals surface area (Å²) in [5, 5.41) is 3.50. The third-order valence-corrected chi connectivity index (χ3v) is 4.03. The smallest absolute Gasteiger partial charge is 0.345 e. The molecule has 2 aromatic heterocycles. The van der Waals surface area contributed by atoms with Gasteiger partial charge < -0.3 is 9.47 Å². The Labute approximate surface area is 116 Å². The summed E-state index contributed by atoms with van der Waals surface area (Å²) in [5.41, 5.74) is -0.468. The average molecular weight is 304 g/mol. The molecule has 1 aliphatic rings. The van der Waals surface area contributed by atoms with Crippen LogP contribution in [0.2, 0.25) is 0 Å². The number of nitrogens with zero attached hydrogens (tertiary/aromatic N) is 2. The number of hydrogen-bond donors (Lipinski definition) is 0. The lowest BCUT2D eigenvalue weighted by Crippen LogP contribution is -2.06. The quantitative estimate of drug-likeness (QED) is 0.855.